The highest BCUT2D eigenvalue weighted by molar-refractivity contribution is 5.37. The molecular weight excluding hydrogens is 542 g/mol. The average molecular weight is 592 g/mol. The summed E-state index contributed by atoms with van der Waals surface area (Å²) < 4.78 is 4.61. The first-order chi connectivity index (χ1) is 20.3. The van der Waals surface area contributed by atoms with Gasteiger partial charge in [0.15, 0.2) is 0 Å². The van der Waals surface area contributed by atoms with E-state index >= 15 is 0 Å². The van der Waals surface area contributed by atoms with Crippen molar-refractivity contribution in [3.05, 3.63) is 74.1 Å². The molecule has 1 aliphatic heterocycles. The fourth-order valence-corrected chi connectivity index (χ4v) is 9.31. The van der Waals surface area contributed by atoms with Crippen molar-refractivity contribution in [2.24, 2.45) is 23.2 Å². The Morgan fingerprint density at radius 1 is 1.05 bits per heavy atom. The second-order valence-corrected chi connectivity index (χ2v) is 14.8. The molecule has 8 nitrogen and oxygen atoms in total. The smallest absolute Gasteiger partial charge is 0.352 e. The molecule has 0 amide bonds. The SMILES string of the molecule is CC1=C([C@@H]2C=C3[C@H]4CC[C@@H]([C@@H](C)CCCC(C)(C)O)[C@]4(C)CC[C@@H]3n3c(=O)n(-c4ccccc4)c(=O)n32)C[C@H](O)C[C@H]1O. The first-order valence-corrected chi connectivity index (χ1v) is 16.3. The third kappa shape index (κ3) is 5.13. The van der Waals surface area contributed by atoms with Gasteiger partial charge in [-0.3, -0.25) is 0 Å². The van der Waals surface area contributed by atoms with Gasteiger partial charge in [-0.15, -0.1) is 0 Å². The summed E-state index contributed by atoms with van der Waals surface area (Å²) in [4.78, 5) is 28.4. The highest BCUT2D eigenvalue weighted by Crippen LogP contribution is 2.62. The van der Waals surface area contributed by atoms with Gasteiger partial charge < -0.3 is 15.3 Å². The largest absolute Gasteiger partial charge is 0.393 e. The Labute approximate surface area is 254 Å². The number of nitrogens with zero attached hydrogens (tertiary/aromatic N) is 3. The van der Waals surface area contributed by atoms with Crippen molar-refractivity contribution in [1.82, 2.24) is 13.9 Å². The summed E-state index contributed by atoms with van der Waals surface area (Å²) in [6.45, 7) is 10.5. The monoisotopic (exact) mass is 591 g/mol. The second-order valence-electron chi connectivity index (χ2n) is 14.8. The van der Waals surface area contributed by atoms with Gasteiger partial charge in [-0.25, -0.2) is 23.5 Å². The van der Waals surface area contributed by atoms with Crippen LogP contribution in [0.4, 0.5) is 0 Å². The van der Waals surface area contributed by atoms with Crippen LogP contribution in [0.3, 0.4) is 0 Å². The lowest BCUT2D eigenvalue weighted by molar-refractivity contribution is 0.0538. The van der Waals surface area contributed by atoms with Crippen molar-refractivity contribution in [1.29, 1.82) is 0 Å². The Morgan fingerprint density at radius 3 is 2.44 bits per heavy atom. The average Bonchev–Trinajstić information content (AvgIpc) is 3.43. The molecule has 43 heavy (non-hydrogen) atoms. The van der Waals surface area contributed by atoms with Crippen LogP contribution in [0.5, 0.6) is 0 Å². The Kier molecular flexibility index (Phi) is 7.79. The number of allylic oxidation sites excluding steroid dienone is 2. The minimum absolute atomic E-state index is 0.0874. The zero-order valence-corrected chi connectivity index (χ0v) is 26.4. The van der Waals surface area contributed by atoms with Gasteiger partial charge in [0.25, 0.3) is 0 Å². The molecule has 8 atom stereocenters. The summed E-state index contributed by atoms with van der Waals surface area (Å²) in [5, 5.41) is 31.8. The number of hydrogen-bond acceptors (Lipinski definition) is 5. The minimum atomic E-state index is -0.779. The number of benzene rings is 1. The van der Waals surface area contributed by atoms with Gasteiger partial charge in [-0.05, 0) is 111 Å². The molecule has 2 fully saturated rings. The summed E-state index contributed by atoms with van der Waals surface area (Å²) >= 11 is 0. The number of aromatic nitrogens is 3. The van der Waals surface area contributed by atoms with E-state index in [0.29, 0.717) is 29.9 Å². The van der Waals surface area contributed by atoms with Crippen molar-refractivity contribution in [2.75, 3.05) is 0 Å². The molecule has 0 spiro atoms. The lowest BCUT2D eigenvalue weighted by Crippen LogP contribution is -2.46. The lowest BCUT2D eigenvalue weighted by atomic mass is 9.59. The fraction of sp³-hybridized carbons (Fsp3) is 0.657. The zero-order chi connectivity index (χ0) is 30.8. The zero-order valence-electron chi connectivity index (χ0n) is 26.4. The fourth-order valence-electron chi connectivity index (χ4n) is 9.31. The van der Waals surface area contributed by atoms with Gasteiger partial charge in [-0.1, -0.05) is 51.0 Å². The molecule has 1 aromatic heterocycles. The molecule has 4 aliphatic rings. The number of aliphatic hydroxyl groups is 3. The summed E-state index contributed by atoms with van der Waals surface area (Å²) in [6, 6.07) is 8.38. The molecule has 2 heterocycles. The van der Waals surface area contributed by atoms with Crippen LogP contribution in [0.1, 0.15) is 104 Å². The second kappa shape index (κ2) is 11.0. The number of rotatable bonds is 7. The number of hydrogen-bond donors (Lipinski definition) is 3. The summed E-state index contributed by atoms with van der Waals surface area (Å²) in [7, 11) is 0. The highest BCUT2D eigenvalue weighted by atomic mass is 16.3. The van der Waals surface area contributed by atoms with Gasteiger partial charge in [0.2, 0.25) is 0 Å². The Hall–Kier alpha value is -2.68. The van der Waals surface area contributed by atoms with Crippen LogP contribution in [0.25, 0.3) is 5.69 Å². The van der Waals surface area contributed by atoms with Crippen LogP contribution in [-0.4, -0.2) is 47.1 Å². The van der Waals surface area contributed by atoms with Crippen molar-refractivity contribution in [3.8, 4) is 5.69 Å². The third-order valence-corrected chi connectivity index (χ3v) is 11.5. The van der Waals surface area contributed by atoms with Gasteiger partial charge in [0.1, 0.15) is 0 Å². The molecule has 0 bridgehead atoms. The van der Waals surface area contributed by atoms with Crippen LogP contribution in [0.15, 0.2) is 62.7 Å². The lowest BCUT2D eigenvalue weighted by Gasteiger charge is -2.49. The van der Waals surface area contributed by atoms with Gasteiger partial charge in [-0.2, -0.15) is 0 Å². The summed E-state index contributed by atoms with van der Waals surface area (Å²) in [6.07, 6.45) is 8.24. The molecule has 3 N–H and O–H groups in total. The molecule has 3 aliphatic carbocycles. The number of aliphatic hydroxyl groups excluding tert-OH is 2. The predicted molar refractivity (Wildman–Crippen MR) is 167 cm³/mol. The van der Waals surface area contributed by atoms with Crippen molar-refractivity contribution in [3.63, 3.8) is 0 Å². The van der Waals surface area contributed by atoms with E-state index in [1.165, 1.54) is 10.1 Å². The maximum atomic E-state index is 14.2. The van der Waals surface area contributed by atoms with Crippen molar-refractivity contribution < 1.29 is 15.3 Å². The molecule has 0 radical (unpaired) electrons. The molecule has 0 unspecified atom stereocenters. The Morgan fingerprint density at radius 2 is 1.74 bits per heavy atom. The number of para-hydroxylation sites is 1. The molecular formula is C35H49N3O5. The van der Waals surface area contributed by atoms with Gasteiger partial charge in [0.05, 0.1) is 35.6 Å². The molecule has 234 valence electrons. The van der Waals surface area contributed by atoms with Crippen molar-refractivity contribution >= 4 is 0 Å². The Balaban J connectivity index is 1.44. The molecule has 2 saturated carbocycles. The van der Waals surface area contributed by atoms with Gasteiger partial charge >= 0.3 is 11.4 Å². The van der Waals surface area contributed by atoms with E-state index in [1.54, 1.807) is 21.5 Å². The van der Waals surface area contributed by atoms with E-state index in [-0.39, 0.29) is 29.3 Å². The van der Waals surface area contributed by atoms with E-state index in [2.05, 4.69) is 19.9 Å². The van der Waals surface area contributed by atoms with Crippen LogP contribution < -0.4 is 11.4 Å². The highest BCUT2D eigenvalue weighted by Gasteiger charge is 2.55. The van der Waals surface area contributed by atoms with E-state index < -0.39 is 23.9 Å². The molecule has 2 aromatic rings. The first-order valence-electron chi connectivity index (χ1n) is 16.3. The van der Waals surface area contributed by atoms with E-state index in [0.717, 1.165) is 56.1 Å². The van der Waals surface area contributed by atoms with Crippen LogP contribution in [0.2, 0.25) is 0 Å². The standard InChI is InChI=1S/C35H49N3O5/c1-21(10-9-16-34(3,4)43)27-13-14-28-26-20-30(25-18-24(39)19-31(40)22(25)2)38-33(42)36(23-11-7-6-8-12-23)32(41)37(38)29(26)15-17-35(27,28)5/h6-8,11-12,20-21,24,27-31,39-40,43H,9-10,13-19H2,1-5H3/t21-,24-,27-,28+,29-,30-,31+,35-/m0/s1. The first kappa shape index (κ1) is 30.4. The van der Waals surface area contributed by atoms with E-state index in [1.807, 2.05) is 39.0 Å². The minimum Gasteiger partial charge on any atom is -0.393 e. The molecule has 8 heteroatoms. The topological polar surface area (TPSA) is 110 Å². The maximum absolute atomic E-state index is 14.2. The van der Waals surface area contributed by atoms with Crippen LogP contribution in [-0.2, 0) is 0 Å². The Bertz CT molecular complexity index is 1540. The normalized spacial score (nSPS) is 33.1. The van der Waals surface area contributed by atoms with Crippen molar-refractivity contribution in [2.45, 2.75) is 122 Å². The summed E-state index contributed by atoms with van der Waals surface area (Å²) in [5.74, 6) is 1.38. The summed E-state index contributed by atoms with van der Waals surface area (Å²) in [5.41, 5.74) is 2.13. The molecule has 6 rings (SSSR count). The van der Waals surface area contributed by atoms with Gasteiger partial charge in [0, 0.05) is 6.42 Å². The van der Waals surface area contributed by atoms with Crippen LogP contribution in [0, 0.1) is 23.2 Å². The molecule has 0 saturated heterocycles. The third-order valence-electron chi connectivity index (χ3n) is 11.5. The van der Waals surface area contributed by atoms with E-state index in [4.69, 9.17) is 0 Å². The number of fused-ring (bicyclic) bond motifs is 5. The van der Waals surface area contributed by atoms with E-state index in [9.17, 15) is 24.9 Å². The maximum Gasteiger partial charge on any atom is 0.352 e. The quantitative estimate of drug-likeness (QED) is 0.390. The molecule has 1 aromatic carbocycles. The predicted octanol–water partition coefficient (Wildman–Crippen LogP) is 5.06. The van der Waals surface area contributed by atoms with Crippen LogP contribution >= 0.6 is 0 Å².